The van der Waals surface area contributed by atoms with Crippen molar-refractivity contribution in [3.63, 3.8) is 0 Å². The fourth-order valence-electron chi connectivity index (χ4n) is 1.12. The number of para-hydroxylation sites is 2. The van der Waals surface area contributed by atoms with E-state index in [4.69, 9.17) is 20.6 Å². The third-order valence-electron chi connectivity index (χ3n) is 1.78. The summed E-state index contributed by atoms with van der Waals surface area (Å²) in [5.74, 6) is 1.55. The summed E-state index contributed by atoms with van der Waals surface area (Å²) in [6.45, 7) is 2.93. The lowest BCUT2D eigenvalue weighted by Crippen LogP contribution is -2.14. The van der Waals surface area contributed by atoms with Gasteiger partial charge in [-0.2, -0.15) is 0 Å². The van der Waals surface area contributed by atoms with Gasteiger partial charge < -0.3 is 15.2 Å². The Hall–Kier alpha value is -1.71. The quantitative estimate of drug-likeness (QED) is 0.553. The molecule has 0 saturated carbocycles. The van der Waals surface area contributed by atoms with Crippen molar-refractivity contribution in [3.05, 3.63) is 24.3 Å². The predicted octanol–water partition coefficient (Wildman–Crippen LogP) is 1.79. The molecule has 82 valence electrons. The highest BCUT2D eigenvalue weighted by Gasteiger charge is 2.02. The first-order valence-corrected chi connectivity index (χ1v) is 4.91. The van der Waals surface area contributed by atoms with Crippen LogP contribution in [0.2, 0.25) is 0 Å². The first-order chi connectivity index (χ1) is 7.24. The molecule has 0 radical (unpaired) electrons. The minimum Gasteiger partial charge on any atom is -0.490 e. The van der Waals surface area contributed by atoms with E-state index in [1.165, 1.54) is 0 Å². The van der Waals surface area contributed by atoms with Gasteiger partial charge in [0, 0.05) is 6.42 Å². The van der Waals surface area contributed by atoms with E-state index in [1.807, 2.05) is 31.2 Å². The van der Waals surface area contributed by atoms with Gasteiger partial charge in [0.05, 0.1) is 19.0 Å². The summed E-state index contributed by atoms with van der Waals surface area (Å²) >= 11 is 0. The van der Waals surface area contributed by atoms with Crippen molar-refractivity contribution >= 4 is 5.84 Å². The number of hydrogen-bond acceptors (Lipinski definition) is 3. The topological polar surface area (TPSA) is 68.3 Å². The average Bonchev–Trinajstić information content (AvgIpc) is 2.20. The predicted molar refractivity (Wildman–Crippen MR) is 59.6 cm³/mol. The molecule has 0 bridgehead atoms. The molecule has 1 rings (SSSR count). The third-order valence-corrected chi connectivity index (χ3v) is 1.78. The van der Waals surface area contributed by atoms with Gasteiger partial charge >= 0.3 is 0 Å². The average molecular weight is 208 g/mol. The molecule has 15 heavy (non-hydrogen) atoms. The molecule has 3 N–H and O–H groups in total. The van der Waals surface area contributed by atoms with Crippen molar-refractivity contribution in [2.75, 3.05) is 13.2 Å². The van der Waals surface area contributed by atoms with Crippen LogP contribution in [0.1, 0.15) is 13.3 Å². The van der Waals surface area contributed by atoms with Gasteiger partial charge in [-0.15, -0.1) is 0 Å². The van der Waals surface area contributed by atoms with Crippen LogP contribution in [0, 0.1) is 5.41 Å². The van der Waals surface area contributed by atoms with Gasteiger partial charge in [0.15, 0.2) is 11.5 Å². The largest absolute Gasteiger partial charge is 0.490 e. The number of amidine groups is 1. The molecule has 4 heteroatoms. The summed E-state index contributed by atoms with van der Waals surface area (Å²) in [5.41, 5.74) is 5.23. The Morgan fingerprint density at radius 2 is 1.87 bits per heavy atom. The molecule has 1 aromatic carbocycles. The van der Waals surface area contributed by atoms with Gasteiger partial charge in [0.25, 0.3) is 0 Å². The maximum atomic E-state index is 7.06. The van der Waals surface area contributed by atoms with Crippen LogP contribution in [-0.2, 0) is 0 Å². The van der Waals surface area contributed by atoms with Crippen LogP contribution in [0.4, 0.5) is 0 Å². The second kappa shape index (κ2) is 5.90. The Balaban J connectivity index is 2.55. The van der Waals surface area contributed by atoms with E-state index < -0.39 is 0 Å². The summed E-state index contributed by atoms with van der Waals surface area (Å²) in [4.78, 5) is 0. The minimum absolute atomic E-state index is 0.129. The second-order valence-electron chi connectivity index (χ2n) is 3.00. The van der Waals surface area contributed by atoms with Gasteiger partial charge in [-0.3, -0.25) is 5.41 Å². The zero-order chi connectivity index (χ0) is 11.1. The van der Waals surface area contributed by atoms with Crippen molar-refractivity contribution in [1.82, 2.24) is 0 Å². The molecule has 1 aromatic rings. The van der Waals surface area contributed by atoms with Crippen LogP contribution in [0.3, 0.4) is 0 Å². The number of nitrogens with two attached hydrogens (primary N) is 1. The number of rotatable bonds is 6. The molecule has 0 atom stereocenters. The van der Waals surface area contributed by atoms with E-state index in [-0.39, 0.29) is 5.84 Å². The molecular formula is C11H16N2O2. The summed E-state index contributed by atoms with van der Waals surface area (Å²) in [5, 5.41) is 7.06. The van der Waals surface area contributed by atoms with E-state index in [0.29, 0.717) is 25.4 Å². The summed E-state index contributed by atoms with van der Waals surface area (Å²) in [6.07, 6.45) is 0.431. The van der Waals surface area contributed by atoms with Crippen molar-refractivity contribution in [2.24, 2.45) is 5.73 Å². The molecule has 0 heterocycles. The maximum absolute atomic E-state index is 7.06. The fourth-order valence-corrected chi connectivity index (χ4v) is 1.12. The fraction of sp³-hybridized carbons (Fsp3) is 0.364. The van der Waals surface area contributed by atoms with Crippen LogP contribution < -0.4 is 15.2 Å². The first-order valence-electron chi connectivity index (χ1n) is 4.91. The lowest BCUT2D eigenvalue weighted by molar-refractivity contribution is 0.282. The van der Waals surface area contributed by atoms with Gasteiger partial charge in [0.2, 0.25) is 0 Å². The van der Waals surface area contributed by atoms with Gasteiger partial charge in [-0.1, -0.05) is 12.1 Å². The number of hydrogen-bond donors (Lipinski definition) is 2. The number of ether oxygens (including phenoxy) is 2. The molecule has 0 spiro atoms. The zero-order valence-electron chi connectivity index (χ0n) is 8.82. The Morgan fingerprint density at radius 3 is 2.40 bits per heavy atom. The van der Waals surface area contributed by atoms with Gasteiger partial charge in [-0.25, -0.2) is 0 Å². The third kappa shape index (κ3) is 3.89. The highest BCUT2D eigenvalue weighted by Crippen LogP contribution is 2.26. The first kappa shape index (κ1) is 11.4. The molecule has 0 unspecified atom stereocenters. The second-order valence-corrected chi connectivity index (χ2v) is 3.00. The van der Waals surface area contributed by atoms with Gasteiger partial charge in [0.1, 0.15) is 0 Å². The zero-order valence-corrected chi connectivity index (χ0v) is 8.82. The van der Waals surface area contributed by atoms with Crippen LogP contribution in [-0.4, -0.2) is 19.0 Å². The molecule has 0 amide bonds. The molecule has 0 fully saturated rings. The summed E-state index contributed by atoms with van der Waals surface area (Å²) in [6, 6.07) is 7.46. The highest BCUT2D eigenvalue weighted by molar-refractivity contribution is 5.76. The van der Waals surface area contributed by atoms with E-state index in [2.05, 4.69) is 0 Å². The van der Waals surface area contributed by atoms with Crippen molar-refractivity contribution < 1.29 is 9.47 Å². The number of nitrogens with one attached hydrogen (secondary N) is 1. The Morgan fingerprint density at radius 1 is 1.27 bits per heavy atom. The van der Waals surface area contributed by atoms with E-state index in [1.54, 1.807) is 0 Å². The SMILES string of the molecule is CCOc1ccccc1OCCC(=N)N. The van der Waals surface area contributed by atoms with Crippen LogP contribution in [0.25, 0.3) is 0 Å². The normalized spacial score (nSPS) is 9.67. The lowest BCUT2D eigenvalue weighted by atomic mass is 10.3. The molecular weight excluding hydrogens is 192 g/mol. The Bertz CT molecular complexity index is 326. The van der Waals surface area contributed by atoms with E-state index in [0.717, 1.165) is 5.75 Å². The Labute approximate surface area is 89.5 Å². The van der Waals surface area contributed by atoms with Crippen LogP contribution >= 0.6 is 0 Å². The van der Waals surface area contributed by atoms with E-state index >= 15 is 0 Å². The van der Waals surface area contributed by atoms with E-state index in [9.17, 15) is 0 Å². The molecule has 0 aliphatic carbocycles. The molecule has 0 saturated heterocycles. The van der Waals surface area contributed by atoms with Crippen molar-refractivity contribution in [2.45, 2.75) is 13.3 Å². The standard InChI is InChI=1S/C11H16N2O2/c1-2-14-9-5-3-4-6-10(9)15-8-7-11(12)13/h3-6H,2,7-8H2,1H3,(H3,12,13). The molecule has 0 aliphatic heterocycles. The minimum atomic E-state index is 0.129. The summed E-state index contributed by atoms with van der Waals surface area (Å²) in [7, 11) is 0. The van der Waals surface area contributed by atoms with Crippen LogP contribution in [0.15, 0.2) is 24.3 Å². The monoisotopic (exact) mass is 208 g/mol. The van der Waals surface area contributed by atoms with Crippen LogP contribution in [0.5, 0.6) is 11.5 Å². The molecule has 0 aliphatic rings. The van der Waals surface area contributed by atoms with Gasteiger partial charge in [-0.05, 0) is 19.1 Å². The molecule has 4 nitrogen and oxygen atoms in total. The highest BCUT2D eigenvalue weighted by atomic mass is 16.5. The Kier molecular flexibility index (Phi) is 4.47. The van der Waals surface area contributed by atoms with Crippen molar-refractivity contribution in [1.29, 1.82) is 5.41 Å². The molecule has 0 aromatic heterocycles. The smallest absolute Gasteiger partial charge is 0.161 e. The maximum Gasteiger partial charge on any atom is 0.161 e. The van der Waals surface area contributed by atoms with Crippen molar-refractivity contribution in [3.8, 4) is 11.5 Å². The number of benzene rings is 1. The lowest BCUT2D eigenvalue weighted by Gasteiger charge is -2.10. The summed E-state index contributed by atoms with van der Waals surface area (Å²) < 4.78 is 10.8.